The largest absolute Gasteiger partial charge is 0.458 e. The molecule has 2 aromatic rings. The summed E-state index contributed by atoms with van der Waals surface area (Å²) in [5.41, 5.74) is 11.2. The van der Waals surface area contributed by atoms with Gasteiger partial charge >= 0.3 is 0 Å². The minimum absolute atomic E-state index is 0.0743. The molecule has 0 aliphatic carbocycles. The monoisotopic (exact) mass is 361 g/mol. The van der Waals surface area contributed by atoms with Gasteiger partial charge in [-0.2, -0.15) is 4.99 Å². The quantitative estimate of drug-likeness (QED) is 0.176. The number of nitrogens with zero attached hydrogens (tertiary/aromatic N) is 3. The van der Waals surface area contributed by atoms with E-state index in [-0.39, 0.29) is 24.9 Å². The Morgan fingerprint density at radius 2 is 2.32 bits per heavy atom. The summed E-state index contributed by atoms with van der Waals surface area (Å²) in [6.45, 7) is 0.380. The number of nitro groups is 1. The van der Waals surface area contributed by atoms with Crippen molar-refractivity contribution in [2.75, 3.05) is 6.54 Å². The Morgan fingerprint density at radius 3 is 3.00 bits per heavy atom. The molecule has 0 saturated carbocycles. The van der Waals surface area contributed by atoms with Crippen LogP contribution in [0.5, 0.6) is 0 Å². The maximum absolute atomic E-state index is 10.6. The Labute approximate surface area is 146 Å². The second-order valence-corrected chi connectivity index (χ2v) is 5.39. The average molecular weight is 361 g/mol. The lowest BCUT2D eigenvalue weighted by Gasteiger charge is -2.07. The lowest BCUT2D eigenvalue weighted by atomic mass is 10.3. The predicted molar refractivity (Wildman–Crippen MR) is 94.0 cm³/mol. The van der Waals surface area contributed by atoms with Crippen molar-refractivity contribution in [2.24, 2.45) is 16.5 Å². The van der Waals surface area contributed by atoms with E-state index in [1.54, 1.807) is 17.5 Å². The highest BCUT2D eigenvalue weighted by Gasteiger charge is 2.10. The second kappa shape index (κ2) is 8.37. The molecule has 0 spiro atoms. The Morgan fingerprint density at radius 1 is 1.52 bits per heavy atom. The van der Waals surface area contributed by atoms with Crippen LogP contribution < -0.4 is 22.1 Å². The number of nitrogens with two attached hydrogens (primary N) is 2. The summed E-state index contributed by atoms with van der Waals surface area (Å²) < 4.78 is 5.65. The summed E-state index contributed by atoms with van der Waals surface area (Å²) in [6, 6.07) is 3.46. The van der Waals surface area contributed by atoms with Gasteiger partial charge in [0.1, 0.15) is 11.5 Å². The van der Waals surface area contributed by atoms with Crippen LogP contribution in [0.25, 0.3) is 11.5 Å². The van der Waals surface area contributed by atoms with Crippen LogP contribution in [0.1, 0.15) is 5.76 Å². The first kappa shape index (κ1) is 17.8. The van der Waals surface area contributed by atoms with Crippen LogP contribution in [0, 0.1) is 22.5 Å². The van der Waals surface area contributed by atoms with Gasteiger partial charge in [0.15, 0.2) is 17.5 Å². The molecule has 2 rings (SSSR count). The average Bonchev–Trinajstić information content (AvgIpc) is 3.18. The van der Waals surface area contributed by atoms with Gasteiger partial charge in [-0.15, -0.1) is 17.8 Å². The summed E-state index contributed by atoms with van der Waals surface area (Å²) in [6.07, 6.45) is 5.92. The highest BCUT2D eigenvalue weighted by Crippen LogP contribution is 2.27. The van der Waals surface area contributed by atoms with Crippen LogP contribution in [-0.4, -0.2) is 22.4 Å². The molecule has 130 valence electrons. The van der Waals surface area contributed by atoms with Crippen LogP contribution >= 0.6 is 11.3 Å². The molecule has 11 heteroatoms. The summed E-state index contributed by atoms with van der Waals surface area (Å²) in [4.78, 5) is 18.1. The highest BCUT2D eigenvalue weighted by atomic mass is 32.1. The zero-order valence-electron chi connectivity index (χ0n) is 12.9. The fraction of sp³-hybridized carbons (Fsp3) is 0.143. The molecular weight excluding hydrogens is 346 g/mol. The van der Waals surface area contributed by atoms with Crippen LogP contribution in [0.3, 0.4) is 0 Å². The number of terminal acetylenes is 1. The van der Waals surface area contributed by atoms with E-state index in [2.05, 4.69) is 26.5 Å². The van der Waals surface area contributed by atoms with Crippen LogP contribution in [0.2, 0.25) is 0 Å². The summed E-state index contributed by atoms with van der Waals surface area (Å²) >= 11 is 1.27. The summed E-state index contributed by atoms with van der Waals surface area (Å²) in [5.74, 6) is 3.54. The molecule has 0 bridgehead atoms. The van der Waals surface area contributed by atoms with Crippen molar-refractivity contribution in [3.8, 4) is 23.8 Å². The number of aromatic nitrogens is 1. The number of hydrogen-bond donors (Lipinski definition) is 4. The Hall–Kier alpha value is -3.52. The van der Waals surface area contributed by atoms with Gasteiger partial charge in [-0.3, -0.25) is 10.1 Å². The molecule has 25 heavy (non-hydrogen) atoms. The number of furan rings is 1. The molecule has 10 nitrogen and oxygen atoms in total. The molecule has 6 N–H and O–H groups in total. The Balaban J connectivity index is 2.03. The molecule has 0 atom stereocenters. The first-order chi connectivity index (χ1) is 12.0. The molecule has 2 aromatic heterocycles. The first-order valence-electron chi connectivity index (χ1n) is 6.88. The fourth-order valence-corrected chi connectivity index (χ4v) is 2.43. The molecule has 0 saturated heterocycles. The first-order valence-corrected chi connectivity index (χ1v) is 7.76. The van der Waals surface area contributed by atoms with Crippen molar-refractivity contribution < 1.29 is 9.34 Å². The zero-order valence-corrected chi connectivity index (χ0v) is 13.7. The van der Waals surface area contributed by atoms with Crippen molar-refractivity contribution in [3.05, 3.63) is 45.4 Å². The molecular formula is C14H15N7O3S. The van der Waals surface area contributed by atoms with E-state index in [0.717, 1.165) is 6.20 Å². The SMILES string of the molecule is C#CCN/C(=C\[N+](=O)[O-])NCc1ccc(-c2csc(N=C(N)N)n2)o1. The molecule has 0 amide bonds. The number of thiazole rings is 1. The van der Waals surface area contributed by atoms with Crippen molar-refractivity contribution in [3.63, 3.8) is 0 Å². The van der Waals surface area contributed by atoms with Crippen molar-refractivity contribution in [1.29, 1.82) is 0 Å². The van der Waals surface area contributed by atoms with E-state index < -0.39 is 4.92 Å². The molecule has 0 aliphatic rings. The number of guanidine groups is 1. The molecule has 0 fully saturated rings. The third-order valence-electron chi connectivity index (χ3n) is 2.70. The zero-order chi connectivity index (χ0) is 18.2. The lowest BCUT2D eigenvalue weighted by molar-refractivity contribution is -0.404. The highest BCUT2D eigenvalue weighted by molar-refractivity contribution is 7.13. The molecule has 0 radical (unpaired) electrons. The minimum atomic E-state index is -0.583. The Kier molecular flexibility index (Phi) is 5.97. The fourth-order valence-electron chi connectivity index (χ4n) is 1.74. The van der Waals surface area contributed by atoms with Crippen LogP contribution in [-0.2, 0) is 6.54 Å². The lowest BCUT2D eigenvalue weighted by Crippen LogP contribution is -2.27. The van der Waals surface area contributed by atoms with Crippen molar-refractivity contribution >= 4 is 22.4 Å². The number of nitrogens with one attached hydrogen (secondary N) is 2. The Bertz CT molecular complexity index is 843. The van der Waals surface area contributed by atoms with E-state index in [9.17, 15) is 10.1 Å². The molecule has 0 unspecified atom stereocenters. The maximum Gasteiger partial charge on any atom is 0.274 e. The standard InChI is InChI=1S/C14H15N7O3S/c1-2-5-17-12(7-21(22)23)18-6-9-3-4-11(24-9)10-8-25-14(19-10)20-13(15)16/h1,3-4,7-8,17-18H,5-6H2,(H4,15,16,19,20)/b12-7+. The van der Waals surface area contributed by atoms with E-state index in [1.165, 1.54) is 11.3 Å². The van der Waals surface area contributed by atoms with Crippen molar-refractivity contribution in [1.82, 2.24) is 15.6 Å². The topological polar surface area (TPSA) is 158 Å². The van der Waals surface area contributed by atoms with Gasteiger partial charge < -0.3 is 26.5 Å². The van der Waals surface area contributed by atoms with E-state index in [0.29, 0.717) is 22.3 Å². The normalized spacial score (nSPS) is 10.8. The minimum Gasteiger partial charge on any atom is -0.458 e. The summed E-state index contributed by atoms with van der Waals surface area (Å²) in [5, 5.41) is 18.3. The molecule has 0 aliphatic heterocycles. The van der Waals surface area contributed by atoms with Gasteiger partial charge in [0.05, 0.1) is 18.0 Å². The number of aliphatic imine (C=N–C) groups is 1. The number of rotatable bonds is 8. The third-order valence-corrected chi connectivity index (χ3v) is 3.43. The third kappa shape index (κ3) is 5.56. The van der Waals surface area contributed by atoms with Crippen LogP contribution in [0.4, 0.5) is 5.13 Å². The maximum atomic E-state index is 10.6. The van der Waals surface area contributed by atoms with Gasteiger partial charge in [-0.1, -0.05) is 5.92 Å². The van der Waals surface area contributed by atoms with E-state index in [4.69, 9.17) is 22.3 Å². The number of hydrogen-bond acceptors (Lipinski definition) is 8. The predicted octanol–water partition coefficient (Wildman–Crippen LogP) is 0.696. The summed E-state index contributed by atoms with van der Waals surface area (Å²) in [7, 11) is 0. The van der Waals surface area contributed by atoms with Gasteiger partial charge in [-0.25, -0.2) is 4.98 Å². The van der Waals surface area contributed by atoms with Gasteiger partial charge in [0, 0.05) is 5.38 Å². The van der Waals surface area contributed by atoms with Gasteiger partial charge in [0.25, 0.3) is 6.20 Å². The van der Waals surface area contributed by atoms with Gasteiger partial charge in [-0.05, 0) is 12.1 Å². The van der Waals surface area contributed by atoms with Gasteiger partial charge in [0.2, 0.25) is 5.13 Å². The molecule has 0 aromatic carbocycles. The van der Waals surface area contributed by atoms with Crippen molar-refractivity contribution in [2.45, 2.75) is 6.54 Å². The smallest absolute Gasteiger partial charge is 0.274 e. The second-order valence-electron chi connectivity index (χ2n) is 4.56. The van der Waals surface area contributed by atoms with E-state index in [1.807, 2.05) is 0 Å². The van der Waals surface area contributed by atoms with Crippen LogP contribution in [0.15, 0.2) is 38.9 Å². The van der Waals surface area contributed by atoms with E-state index >= 15 is 0 Å². The molecule has 2 heterocycles.